The molecule has 0 amide bonds. The molecule has 1 rings (SSSR count). The quantitative estimate of drug-likeness (QED) is 0.547. The molecular formula is C12H22O4. The highest BCUT2D eigenvalue weighted by Gasteiger charge is 2.46. The Bertz CT molecular complexity index is 247. The van der Waals surface area contributed by atoms with E-state index in [1.54, 1.807) is 28.4 Å². The van der Waals surface area contributed by atoms with Gasteiger partial charge in [0.25, 0.3) is 0 Å². The number of hydrogen-bond donors (Lipinski definition) is 0. The third kappa shape index (κ3) is 1.80. The predicted molar refractivity (Wildman–Crippen MR) is 61.1 cm³/mol. The van der Waals surface area contributed by atoms with E-state index in [-0.39, 0.29) is 0 Å². The van der Waals surface area contributed by atoms with E-state index < -0.39 is 11.6 Å². The normalized spacial score (nSPS) is 23.6. The third-order valence-electron chi connectivity index (χ3n) is 3.81. The van der Waals surface area contributed by atoms with Crippen LogP contribution in [-0.2, 0) is 18.9 Å². The van der Waals surface area contributed by atoms with Crippen LogP contribution in [0.1, 0.15) is 26.7 Å². The van der Waals surface area contributed by atoms with E-state index in [1.165, 1.54) is 0 Å². The fourth-order valence-corrected chi connectivity index (χ4v) is 2.46. The van der Waals surface area contributed by atoms with Gasteiger partial charge in [-0.3, -0.25) is 0 Å². The van der Waals surface area contributed by atoms with E-state index in [1.807, 2.05) is 13.8 Å². The van der Waals surface area contributed by atoms with Crippen molar-refractivity contribution in [1.29, 1.82) is 0 Å². The van der Waals surface area contributed by atoms with Gasteiger partial charge in [0.1, 0.15) is 0 Å². The third-order valence-corrected chi connectivity index (χ3v) is 3.81. The molecule has 4 nitrogen and oxygen atoms in total. The summed E-state index contributed by atoms with van der Waals surface area (Å²) in [5, 5.41) is 0. The van der Waals surface area contributed by atoms with Crippen LogP contribution in [0.4, 0.5) is 0 Å². The van der Waals surface area contributed by atoms with Crippen LogP contribution in [0.5, 0.6) is 0 Å². The molecule has 1 aliphatic carbocycles. The Hall–Kier alpha value is -0.420. The highest BCUT2D eigenvalue weighted by atomic mass is 16.7. The van der Waals surface area contributed by atoms with E-state index >= 15 is 0 Å². The lowest BCUT2D eigenvalue weighted by atomic mass is 9.83. The average Bonchev–Trinajstić information content (AvgIpc) is 2.34. The second kappa shape index (κ2) is 4.84. The van der Waals surface area contributed by atoms with Gasteiger partial charge in [0.15, 0.2) is 11.6 Å². The fraction of sp³-hybridized carbons (Fsp3) is 0.833. The Kier molecular flexibility index (Phi) is 4.12. The lowest BCUT2D eigenvalue weighted by molar-refractivity contribution is -0.237. The minimum Gasteiger partial charge on any atom is -0.349 e. The zero-order valence-electron chi connectivity index (χ0n) is 11.0. The van der Waals surface area contributed by atoms with Crippen LogP contribution >= 0.6 is 0 Å². The Morgan fingerprint density at radius 1 is 0.688 bits per heavy atom. The first kappa shape index (κ1) is 13.6. The topological polar surface area (TPSA) is 36.9 Å². The lowest BCUT2D eigenvalue weighted by Crippen LogP contribution is -2.48. The summed E-state index contributed by atoms with van der Waals surface area (Å²) in [6, 6.07) is 0. The van der Waals surface area contributed by atoms with Gasteiger partial charge in [-0.25, -0.2) is 0 Å². The van der Waals surface area contributed by atoms with Gasteiger partial charge in [-0.05, 0) is 25.0 Å². The molecule has 0 atom stereocenters. The van der Waals surface area contributed by atoms with Gasteiger partial charge in [0, 0.05) is 41.3 Å². The molecule has 0 aromatic rings. The van der Waals surface area contributed by atoms with Gasteiger partial charge in [-0.1, -0.05) is 0 Å². The predicted octanol–water partition coefficient (Wildman–Crippen LogP) is 2.09. The van der Waals surface area contributed by atoms with Crippen molar-refractivity contribution in [3.8, 4) is 0 Å². The van der Waals surface area contributed by atoms with Crippen molar-refractivity contribution in [2.24, 2.45) is 0 Å². The number of hydrogen-bond acceptors (Lipinski definition) is 4. The minimum absolute atomic E-state index is 0.634. The van der Waals surface area contributed by atoms with Gasteiger partial charge in [0.05, 0.1) is 0 Å². The van der Waals surface area contributed by atoms with Crippen LogP contribution in [0.25, 0.3) is 0 Å². The lowest BCUT2D eigenvalue weighted by Gasteiger charge is -2.44. The summed E-state index contributed by atoms with van der Waals surface area (Å²) < 4.78 is 22.0. The summed E-state index contributed by atoms with van der Waals surface area (Å²) >= 11 is 0. The van der Waals surface area contributed by atoms with Crippen LogP contribution in [0, 0.1) is 0 Å². The molecule has 0 N–H and O–H groups in total. The van der Waals surface area contributed by atoms with Gasteiger partial charge in [-0.15, -0.1) is 0 Å². The van der Waals surface area contributed by atoms with Gasteiger partial charge in [0.2, 0.25) is 0 Å². The Morgan fingerprint density at radius 2 is 0.938 bits per heavy atom. The number of rotatable bonds is 4. The molecule has 94 valence electrons. The van der Waals surface area contributed by atoms with Crippen molar-refractivity contribution < 1.29 is 18.9 Å². The fourth-order valence-electron chi connectivity index (χ4n) is 2.46. The maximum atomic E-state index is 5.50. The summed E-state index contributed by atoms with van der Waals surface area (Å²) in [6.45, 7) is 3.99. The molecule has 0 spiro atoms. The molecule has 0 aromatic heterocycles. The van der Waals surface area contributed by atoms with Crippen LogP contribution in [-0.4, -0.2) is 40.0 Å². The van der Waals surface area contributed by atoms with Crippen molar-refractivity contribution in [3.63, 3.8) is 0 Å². The Labute approximate surface area is 97.5 Å². The molecule has 0 radical (unpaired) electrons. The first-order chi connectivity index (χ1) is 7.52. The zero-order chi connectivity index (χ0) is 12.4. The van der Waals surface area contributed by atoms with Crippen molar-refractivity contribution in [3.05, 3.63) is 11.1 Å². The SMILES string of the molecule is COC1(OC)CCC(OC)(OC)C(C)=C1C. The molecule has 0 heterocycles. The van der Waals surface area contributed by atoms with E-state index in [4.69, 9.17) is 18.9 Å². The molecule has 4 heteroatoms. The van der Waals surface area contributed by atoms with Crippen LogP contribution in [0.3, 0.4) is 0 Å². The monoisotopic (exact) mass is 230 g/mol. The van der Waals surface area contributed by atoms with Gasteiger partial charge >= 0.3 is 0 Å². The molecule has 16 heavy (non-hydrogen) atoms. The van der Waals surface area contributed by atoms with Gasteiger partial charge < -0.3 is 18.9 Å². The second-order valence-electron chi connectivity index (χ2n) is 4.07. The van der Waals surface area contributed by atoms with Gasteiger partial charge in [-0.2, -0.15) is 0 Å². The maximum absolute atomic E-state index is 5.50. The first-order valence-corrected chi connectivity index (χ1v) is 5.41. The maximum Gasteiger partial charge on any atom is 0.190 e. The van der Waals surface area contributed by atoms with E-state index in [2.05, 4.69) is 0 Å². The first-order valence-electron chi connectivity index (χ1n) is 5.41. The van der Waals surface area contributed by atoms with E-state index in [0.29, 0.717) is 12.8 Å². The highest BCUT2D eigenvalue weighted by molar-refractivity contribution is 5.28. The highest BCUT2D eigenvalue weighted by Crippen LogP contribution is 2.43. The molecule has 0 aliphatic heterocycles. The average molecular weight is 230 g/mol. The summed E-state index contributed by atoms with van der Waals surface area (Å²) in [7, 11) is 6.64. The molecule has 0 bridgehead atoms. The Balaban J connectivity index is 3.19. The largest absolute Gasteiger partial charge is 0.349 e. The zero-order valence-corrected chi connectivity index (χ0v) is 11.0. The van der Waals surface area contributed by atoms with Crippen LogP contribution < -0.4 is 0 Å². The molecule has 0 saturated heterocycles. The summed E-state index contributed by atoms with van der Waals surface area (Å²) in [6.07, 6.45) is 1.43. The van der Waals surface area contributed by atoms with Crippen molar-refractivity contribution >= 4 is 0 Å². The minimum atomic E-state index is -0.634. The van der Waals surface area contributed by atoms with Crippen LogP contribution in [0.15, 0.2) is 11.1 Å². The number of methoxy groups -OCH3 is 4. The standard InChI is InChI=1S/C12H22O4/c1-9-10(2)12(15-5,16-6)8-7-11(9,13-3)14-4/h7-8H2,1-6H3. The smallest absolute Gasteiger partial charge is 0.190 e. The summed E-state index contributed by atoms with van der Waals surface area (Å²) in [5.74, 6) is -1.27. The summed E-state index contributed by atoms with van der Waals surface area (Å²) in [4.78, 5) is 0. The van der Waals surface area contributed by atoms with Crippen LogP contribution in [0.2, 0.25) is 0 Å². The molecule has 0 unspecified atom stereocenters. The van der Waals surface area contributed by atoms with E-state index in [9.17, 15) is 0 Å². The van der Waals surface area contributed by atoms with Crippen molar-refractivity contribution in [2.75, 3.05) is 28.4 Å². The molecule has 0 saturated carbocycles. The Morgan fingerprint density at radius 3 is 1.12 bits per heavy atom. The van der Waals surface area contributed by atoms with Crippen molar-refractivity contribution in [1.82, 2.24) is 0 Å². The molecular weight excluding hydrogens is 208 g/mol. The second-order valence-corrected chi connectivity index (χ2v) is 4.07. The molecule has 0 aromatic carbocycles. The molecule has 0 fully saturated rings. The number of ether oxygens (including phenoxy) is 4. The van der Waals surface area contributed by atoms with Crippen molar-refractivity contribution in [2.45, 2.75) is 38.3 Å². The summed E-state index contributed by atoms with van der Waals surface area (Å²) in [5.41, 5.74) is 2.04. The molecule has 1 aliphatic rings. The van der Waals surface area contributed by atoms with E-state index in [0.717, 1.165) is 11.1 Å².